The molecule has 0 saturated heterocycles. The van der Waals surface area contributed by atoms with Crippen LogP contribution in [0.2, 0.25) is 0 Å². The maximum Gasteiger partial charge on any atom is 0.302 e. The van der Waals surface area contributed by atoms with Gasteiger partial charge < -0.3 is 0 Å². The van der Waals surface area contributed by atoms with E-state index in [1.165, 1.54) is 0 Å². The summed E-state index contributed by atoms with van der Waals surface area (Å²) < 4.78 is 40.3. The first kappa shape index (κ1) is 26.7. The van der Waals surface area contributed by atoms with Gasteiger partial charge in [0, 0.05) is 0 Å². The minimum Gasteiger partial charge on any atom is -0.269 e. The molecule has 0 rings (SSSR count). The smallest absolute Gasteiger partial charge is 0.269 e. The van der Waals surface area contributed by atoms with Crippen LogP contribution >= 0.6 is 56.0 Å². The largest absolute Gasteiger partial charge is 0.302 e. The summed E-state index contributed by atoms with van der Waals surface area (Å²) in [6, 6.07) is 0. The zero-order valence-electron chi connectivity index (χ0n) is 17.8. The number of hydrogen-bond donors (Lipinski definition) is 5. The van der Waals surface area contributed by atoms with Crippen molar-refractivity contribution in [3.05, 3.63) is 0 Å². The normalized spacial score (nSPS) is 18.1. The maximum atomic E-state index is 13.7. The van der Waals surface area contributed by atoms with Gasteiger partial charge in [-0.15, -0.1) is 0 Å². The van der Waals surface area contributed by atoms with Gasteiger partial charge in [0.05, 0.1) is 0 Å². The summed E-state index contributed by atoms with van der Waals surface area (Å²) in [5.74, 6) is 0. The summed E-state index contributed by atoms with van der Waals surface area (Å²) in [7, 11) is -11.8. The molecular weight excluding hydrogens is 436 g/mol. The minimum absolute atomic E-state index is 1.30. The van der Waals surface area contributed by atoms with E-state index in [0.717, 1.165) is 0 Å². The predicted octanol–water partition coefficient (Wildman–Crippen LogP) is 3.59. The van der Waals surface area contributed by atoms with Gasteiger partial charge in [-0.3, -0.25) is 9.13 Å². The van der Waals surface area contributed by atoms with Gasteiger partial charge in [-0.2, -0.15) is 45.7 Å². The average Bonchev–Trinajstić information content (AvgIpc) is 1.97. The van der Waals surface area contributed by atoms with Crippen LogP contribution in [-0.4, -0.2) is 75.1 Å². The molecule has 5 N–H and O–H groups in total. The maximum absolute atomic E-state index is 13.7. The van der Waals surface area contributed by atoms with Crippen molar-refractivity contribution in [3.63, 3.8) is 0 Å². The second-order valence-corrected chi connectivity index (χ2v) is 29.9. The van der Waals surface area contributed by atoms with E-state index >= 15 is 0 Å². The third-order valence-corrected chi connectivity index (χ3v) is 17.0. The van der Waals surface area contributed by atoms with E-state index in [4.69, 9.17) is 0 Å². The van der Waals surface area contributed by atoms with Crippen molar-refractivity contribution < 1.29 is 9.13 Å². The Kier molecular flexibility index (Phi) is 9.14. The van der Waals surface area contributed by atoms with E-state index in [2.05, 4.69) is 22.8 Å². The Morgan fingerprint density at radius 2 is 0.600 bits per heavy atom. The van der Waals surface area contributed by atoms with Crippen LogP contribution in [0.15, 0.2) is 0 Å². The zero-order valence-corrected chi connectivity index (χ0v) is 22.9. The fourth-order valence-corrected chi connectivity index (χ4v) is 18.9. The van der Waals surface area contributed by atoms with Crippen molar-refractivity contribution in [1.29, 1.82) is 0 Å². The molecule has 0 fully saturated rings. The topological polar surface area (TPSA) is 94.3 Å². The fourth-order valence-electron chi connectivity index (χ4n) is 1.86. The Bertz CT molecular complexity index is 462. The molecule has 0 atom stereocenters. The lowest BCUT2D eigenvalue weighted by Gasteiger charge is -2.43. The highest BCUT2D eigenvalue weighted by Crippen LogP contribution is 2.60. The van der Waals surface area contributed by atoms with Crippen LogP contribution < -0.4 is 22.8 Å². The van der Waals surface area contributed by atoms with Crippen LogP contribution in [0.25, 0.3) is 0 Å². The molecule has 0 radical (unpaired) electrons. The molecular formula is C12H41N5O2P2S4. The molecule has 0 amide bonds. The van der Waals surface area contributed by atoms with Gasteiger partial charge in [-0.1, -0.05) is 0 Å². The van der Waals surface area contributed by atoms with E-state index in [1.54, 1.807) is 0 Å². The molecule has 0 aliphatic rings. The molecule has 0 heterocycles. The van der Waals surface area contributed by atoms with Gasteiger partial charge in [0.2, 0.25) is 0 Å². The van der Waals surface area contributed by atoms with E-state index in [1.807, 2.05) is 75.1 Å². The van der Waals surface area contributed by atoms with Gasteiger partial charge in [0.15, 0.2) is 0 Å². The zero-order chi connectivity index (χ0) is 20.5. The van der Waals surface area contributed by atoms with Gasteiger partial charge in [-0.05, 0) is 75.1 Å². The Morgan fingerprint density at radius 3 is 0.720 bits per heavy atom. The first-order valence-corrected chi connectivity index (χ1v) is 22.3. The first-order chi connectivity index (χ1) is 10.5. The van der Waals surface area contributed by atoms with Crippen molar-refractivity contribution >= 4 is 56.0 Å². The molecule has 13 heteroatoms. The van der Waals surface area contributed by atoms with Crippen LogP contribution in [0.5, 0.6) is 0 Å². The molecule has 7 nitrogen and oxygen atoms in total. The standard InChI is InChI=1S/C12H41N5O2P2S4/c1-22(2,3)14-20(18,15-23(4,5)6)13-21(19,16-24(7,8)9)17-25(10,11)12/h1-12H3,(H5,13,14,15,16,17,18,19). The SMILES string of the molecule is CS(C)(C)NP(=O)(NP(=O)(NS(C)(C)C)NS(C)(C)C)NS(C)(C)C. The molecule has 0 aromatic rings. The van der Waals surface area contributed by atoms with Gasteiger partial charge in [0.25, 0.3) is 0 Å². The Hall–Kier alpha value is 1.66. The summed E-state index contributed by atoms with van der Waals surface area (Å²) in [5.41, 5.74) is 0. The predicted molar refractivity (Wildman–Crippen MR) is 132 cm³/mol. The summed E-state index contributed by atoms with van der Waals surface area (Å²) >= 11 is 0. The van der Waals surface area contributed by atoms with E-state index in [0.29, 0.717) is 0 Å². The van der Waals surface area contributed by atoms with Crippen LogP contribution in [0.4, 0.5) is 0 Å². The molecule has 0 spiro atoms. The lowest BCUT2D eigenvalue weighted by atomic mass is 11.9. The van der Waals surface area contributed by atoms with Crippen LogP contribution in [0.1, 0.15) is 0 Å². The van der Waals surface area contributed by atoms with Crippen molar-refractivity contribution in [2.45, 2.75) is 0 Å². The number of hydrogen-bond acceptors (Lipinski definition) is 2. The minimum atomic E-state index is -3.29. The van der Waals surface area contributed by atoms with Crippen molar-refractivity contribution in [2.24, 2.45) is 0 Å². The van der Waals surface area contributed by atoms with Crippen molar-refractivity contribution in [2.75, 3.05) is 75.1 Å². The van der Waals surface area contributed by atoms with E-state index in [-0.39, 0.29) is 0 Å². The summed E-state index contributed by atoms with van der Waals surface area (Å²) in [4.78, 5) is 2.98. The number of nitrogens with one attached hydrogen (secondary N) is 5. The van der Waals surface area contributed by atoms with Gasteiger partial charge in [0.1, 0.15) is 0 Å². The molecule has 0 unspecified atom stereocenters. The third kappa shape index (κ3) is 14.3. The highest BCUT2D eigenvalue weighted by atomic mass is 32.3. The quantitative estimate of drug-likeness (QED) is 0.307. The number of rotatable bonds is 10. The van der Waals surface area contributed by atoms with E-state index in [9.17, 15) is 9.13 Å². The van der Waals surface area contributed by atoms with Crippen molar-refractivity contribution in [3.8, 4) is 0 Å². The fraction of sp³-hybridized carbons (Fsp3) is 1.00. The monoisotopic (exact) mass is 477 g/mol. The Labute approximate surface area is 162 Å². The molecule has 0 aliphatic carbocycles. The van der Waals surface area contributed by atoms with Crippen LogP contribution in [0.3, 0.4) is 0 Å². The first-order valence-electron chi connectivity index (χ1n) is 7.42. The van der Waals surface area contributed by atoms with Crippen molar-refractivity contribution in [1.82, 2.24) is 22.8 Å². The second-order valence-electron chi connectivity index (χ2n) is 9.03. The summed E-state index contributed by atoms with van der Waals surface area (Å²) in [6.07, 6.45) is 24.3. The lowest BCUT2D eigenvalue weighted by Crippen LogP contribution is -2.39. The third-order valence-electron chi connectivity index (χ3n) is 1.89. The molecule has 0 aromatic heterocycles. The Balaban J connectivity index is 5.89. The molecule has 0 bridgehead atoms. The van der Waals surface area contributed by atoms with E-state index < -0.39 is 56.0 Å². The second kappa shape index (κ2) is 8.57. The average molecular weight is 478 g/mol. The van der Waals surface area contributed by atoms with Gasteiger partial charge in [-0.25, -0.2) is 18.0 Å². The molecule has 160 valence electrons. The van der Waals surface area contributed by atoms with Crippen LogP contribution in [-0.2, 0) is 9.13 Å². The molecule has 0 saturated carbocycles. The Morgan fingerprint density at radius 1 is 0.440 bits per heavy atom. The molecule has 0 aromatic carbocycles. The highest BCUT2D eigenvalue weighted by molar-refractivity contribution is 8.37. The molecule has 25 heavy (non-hydrogen) atoms. The van der Waals surface area contributed by atoms with Gasteiger partial charge >= 0.3 is 15.2 Å². The molecule has 0 aliphatic heterocycles. The van der Waals surface area contributed by atoms with Crippen LogP contribution in [0, 0.1) is 0 Å². The highest BCUT2D eigenvalue weighted by Gasteiger charge is 2.39. The summed E-state index contributed by atoms with van der Waals surface area (Å²) in [6.45, 7) is 0. The summed E-state index contributed by atoms with van der Waals surface area (Å²) in [5, 5.41) is 0. The lowest BCUT2D eigenvalue weighted by molar-refractivity contribution is 0.555.